The Morgan fingerprint density at radius 2 is 1.42 bits per heavy atom. The molecule has 1 aromatic carbocycles. The molecule has 5 nitrogen and oxygen atoms in total. The minimum absolute atomic E-state index is 0.00794. The average molecular weight is 359 g/mol. The number of hydrogen-bond acceptors (Lipinski definition) is 4. The molecule has 1 rings (SSSR count). The van der Waals surface area contributed by atoms with Crippen molar-refractivity contribution < 1.29 is 19.1 Å². The number of imide groups is 1. The van der Waals surface area contributed by atoms with Gasteiger partial charge in [0.2, 0.25) is 0 Å². The molecule has 1 aromatic rings. The van der Waals surface area contributed by atoms with E-state index in [-0.39, 0.29) is 6.54 Å². The zero-order valence-electron chi connectivity index (χ0n) is 16.8. The molecule has 0 bridgehead atoms. The second kappa shape index (κ2) is 8.72. The zero-order valence-corrected chi connectivity index (χ0v) is 16.8. The van der Waals surface area contributed by atoms with Crippen LogP contribution in [0.1, 0.15) is 54.0 Å². The van der Waals surface area contributed by atoms with Crippen LogP contribution in [0.15, 0.2) is 42.1 Å². The van der Waals surface area contributed by atoms with Crippen LogP contribution in [0.25, 0.3) is 5.57 Å². The Balaban J connectivity index is 2.99. The minimum Gasteiger partial charge on any atom is -0.443 e. The third-order valence-electron chi connectivity index (χ3n) is 3.03. The molecule has 142 valence electrons. The normalized spacial score (nSPS) is 11.2. The molecule has 0 saturated carbocycles. The molecular weight excluding hydrogens is 330 g/mol. The summed E-state index contributed by atoms with van der Waals surface area (Å²) >= 11 is 0. The highest BCUT2D eigenvalue weighted by Gasteiger charge is 2.30. The van der Waals surface area contributed by atoms with E-state index in [4.69, 9.17) is 9.47 Å². The van der Waals surface area contributed by atoms with Crippen LogP contribution < -0.4 is 0 Å². The lowest BCUT2D eigenvalue weighted by Crippen LogP contribution is -2.43. The van der Waals surface area contributed by atoms with Crippen LogP contribution in [0.2, 0.25) is 0 Å². The SMILES string of the molecule is CC(=C=CCN(C(=O)OC(C)(C)C)C(=O)OC(C)(C)C)c1ccccc1. The molecule has 0 radical (unpaired) electrons. The van der Waals surface area contributed by atoms with Crippen LogP contribution in [0.3, 0.4) is 0 Å². The summed E-state index contributed by atoms with van der Waals surface area (Å²) in [6.07, 6.45) is 0.125. The second-order valence-electron chi connectivity index (χ2n) is 7.91. The van der Waals surface area contributed by atoms with Gasteiger partial charge in [0.1, 0.15) is 11.2 Å². The number of hydrogen-bond donors (Lipinski definition) is 0. The fraction of sp³-hybridized carbons (Fsp3) is 0.476. The summed E-state index contributed by atoms with van der Waals surface area (Å²) in [5.41, 5.74) is 3.60. The van der Waals surface area contributed by atoms with Gasteiger partial charge in [0, 0.05) is 0 Å². The van der Waals surface area contributed by atoms with Gasteiger partial charge in [0.15, 0.2) is 0 Å². The lowest BCUT2D eigenvalue weighted by atomic mass is 10.1. The van der Waals surface area contributed by atoms with Crippen molar-refractivity contribution >= 4 is 17.8 Å². The maximum Gasteiger partial charge on any atom is 0.420 e. The van der Waals surface area contributed by atoms with Crippen molar-refractivity contribution in [1.29, 1.82) is 0 Å². The standard InChI is InChI=1S/C21H29NO4/c1-16(17-13-9-8-10-14-17)12-11-15-22(18(23)25-20(2,3)4)19(24)26-21(5,6)7/h8-11,13-14H,15H2,1-7H3. The molecule has 0 saturated heterocycles. The maximum absolute atomic E-state index is 12.4. The van der Waals surface area contributed by atoms with Crippen LogP contribution in [0.5, 0.6) is 0 Å². The van der Waals surface area contributed by atoms with Gasteiger partial charge in [0.25, 0.3) is 0 Å². The van der Waals surface area contributed by atoms with Crippen LogP contribution in [0, 0.1) is 0 Å². The van der Waals surface area contributed by atoms with E-state index in [2.05, 4.69) is 5.73 Å². The number of amides is 2. The Bertz CT molecular complexity index is 659. The predicted octanol–water partition coefficient (Wildman–Crippen LogP) is 5.42. The number of carbonyl (C=O) groups is 2. The summed E-state index contributed by atoms with van der Waals surface area (Å²) in [5.74, 6) is 0. The monoisotopic (exact) mass is 359 g/mol. The highest BCUT2D eigenvalue weighted by molar-refractivity contribution is 5.88. The van der Waals surface area contributed by atoms with Crippen molar-refractivity contribution in [2.24, 2.45) is 0 Å². The van der Waals surface area contributed by atoms with Gasteiger partial charge in [0.05, 0.1) is 6.54 Å². The van der Waals surface area contributed by atoms with E-state index >= 15 is 0 Å². The van der Waals surface area contributed by atoms with Gasteiger partial charge in [-0.05, 0) is 65.7 Å². The van der Waals surface area contributed by atoms with Crippen LogP contribution in [-0.4, -0.2) is 34.8 Å². The third kappa shape index (κ3) is 8.04. The van der Waals surface area contributed by atoms with E-state index in [1.807, 2.05) is 37.3 Å². The van der Waals surface area contributed by atoms with Crippen LogP contribution >= 0.6 is 0 Å². The first kappa shape index (κ1) is 21.5. The van der Waals surface area contributed by atoms with Gasteiger partial charge < -0.3 is 9.47 Å². The van der Waals surface area contributed by atoms with Gasteiger partial charge in [-0.15, -0.1) is 5.73 Å². The maximum atomic E-state index is 12.4. The van der Waals surface area contributed by atoms with E-state index in [1.165, 1.54) is 0 Å². The highest BCUT2D eigenvalue weighted by atomic mass is 16.6. The lowest BCUT2D eigenvalue weighted by Gasteiger charge is -2.27. The van der Waals surface area contributed by atoms with Crippen LogP contribution in [0.4, 0.5) is 9.59 Å². The smallest absolute Gasteiger partial charge is 0.420 e. The summed E-state index contributed by atoms with van der Waals surface area (Å²) in [7, 11) is 0. The van der Waals surface area contributed by atoms with Crippen molar-refractivity contribution in [3.05, 3.63) is 47.7 Å². The Morgan fingerprint density at radius 1 is 0.962 bits per heavy atom. The quantitative estimate of drug-likeness (QED) is 0.676. The van der Waals surface area contributed by atoms with Gasteiger partial charge in [-0.3, -0.25) is 0 Å². The second-order valence-corrected chi connectivity index (χ2v) is 7.91. The van der Waals surface area contributed by atoms with E-state index in [1.54, 1.807) is 47.6 Å². The molecule has 0 aliphatic heterocycles. The fourth-order valence-electron chi connectivity index (χ4n) is 1.92. The summed E-state index contributed by atoms with van der Waals surface area (Å²) in [4.78, 5) is 25.7. The molecule has 0 spiro atoms. The van der Waals surface area contributed by atoms with Crippen molar-refractivity contribution in [2.75, 3.05) is 6.54 Å². The molecule has 0 heterocycles. The van der Waals surface area contributed by atoms with E-state index in [9.17, 15) is 9.59 Å². The number of carbonyl (C=O) groups excluding carboxylic acids is 2. The summed E-state index contributed by atoms with van der Waals surface area (Å²) in [5, 5.41) is 0. The molecule has 0 aromatic heterocycles. The largest absolute Gasteiger partial charge is 0.443 e. The van der Waals surface area contributed by atoms with Gasteiger partial charge in [-0.1, -0.05) is 30.3 Å². The first-order valence-corrected chi connectivity index (χ1v) is 8.60. The fourth-order valence-corrected chi connectivity index (χ4v) is 1.92. The van der Waals surface area contributed by atoms with E-state index in [0.717, 1.165) is 16.0 Å². The van der Waals surface area contributed by atoms with Gasteiger partial charge in [-0.25, -0.2) is 14.5 Å². The Hall–Kier alpha value is -2.52. The van der Waals surface area contributed by atoms with E-state index in [0.29, 0.717) is 0 Å². The molecule has 0 unspecified atom stereocenters. The number of nitrogens with zero attached hydrogens (tertiary/aromatic N) is 1. The number of benzene rings is 1. The lowest BCUT2D eigenvalue weighted by molar-refractivity contribution is 0.00374. The molecule has 0 fully saturated rings. The average Bonchev–Trinajstić information content (AvgIpc) is 2.48. The highest BCUT2D eigenvalue weighted by Crippen LogP contribution is 2.15. The molecule has 26 heavy (non-hydrogen) atoms. The molecule has 0 aliphatic carbocycles. The molecule has 0 aliphatic rings. The molecule has 0 atom stereocenters. The predicted molar refractivity (Wildman–Crippen MR) is 103 cm³/mol. The molecular formula is C21H29NO4. The minimum atomic E-state index is -0.748. The van der Waals surface area contributed by atoms with Crippen molar-refractivity contribution in [3.63, 3.8) is 0 Å². The number of rotatable bonds is 3. The third-order valence-corrected chi connectivity index (χ3v) is 3.03. The summed E-state index contributed by atoms with van der Waals surface area (Å²) in [6.45, 7) is 12.4. The van der Waals surface area contributed by atoms with Gasteiger partial charge >= 0.3 is 12.2 Å². The van der Waals surface area contributed by atoms with Crippen LogP contribution in [-0.2, 0) is 9.47 Å². The summed E-state index contributed by atoms with van der Waals surface area (Å²) < 4.78 is 10.6. The first-order valence-electron chi connectivity index (χ1n) is 8.60. The Morgan fingerprint density at radius 3 is 1.85 bits per heavy atom. The Kier molecular flexibility index (Phi) is 7.22. The van der Waals surface area contributed by atoms with Crippen molar-refractivity contribution in [1.82, 2.24) is 4.90 Å². The van der Waals surface area contributed by atoms with Crippen molar-refractivity contribution in [3.8, 4) is 0 Å². The Labute approximate surface area is 156 Å². The molecule has 2 amide bonds. The van der Waals surface area contributed by atoms with Crippen molar-refractivity contribution in [2.45, 2.75) is 59.7 Å². The zero-order chi connectivity index (χ0) is 20.0. The first-order chi connectivity index (χ1) is 11.9. The molecule has 0 N–H and O–H groups in total. The molecule has 5 heteroatoms. The van der Waals surface area contributed by atoms with E-state index < -0.39 is 23.4 Å². The summed E-state index contributed by atoms with van der Waals surface area (Å²) in [6, 6.07) is 9.75. The van der Waals surface area contributed by atoms with Gasteiger partial charge in [-0.2, -0.15) is 0 Å². The number of ether oxygens (including phenoxy) is 2. The topological polar surface area (TPSA) is 55.8 Å².